The van der Waals surface area contributed by atoms with Gasteiger partial charge in [0.15, 0.2) is 0 Å². The lowest BCUT2D eigenvalue weighted by molar-refractivity contribution is -0.125. The summed E-state index contributed by atoms with van der Waals surface area (Å²) < 4.78 is 5.52. The van der Waals surface area contributed by atoms with Crippen LogP contribution in [0.1, 0.15) is 18.9 Å². The molecule has 1 heterocycles. The lowest BCUT2D eigenvalue weighted by atomic mass is 10.2. The van der Waals surface area contributed by atoms with E-state index in [9.17, 15) is 4.79 Å². The van der Waals surface area contributed by atoms with Crippen molar-refractivity contribution in [1.29, 1.82) is 0 Å². The summed E-state index contributed by atoms with van der Waals surface area (Å²) in [5.41, 5.74) is 0.855. The van der Waals surface area contributed by atoms with Gasteiger partial charge >= 0.3 is 0 Å². The van der Waals surface area contributed by atoms with Crippen LogP contribution in [-0.2, 0) is 9.53 Å². The number of halogens is 2. The van der Waals surface area contributed by atoms with Crippen molar-refractivity contribution in [3.8, 4) is 0 Å². The van der Waals surface area contributed by atoms with Crippen LogP contribution in [0.3, 0.4) is 0 Å². The first-order valence-electron chi connectivity index (χ1n) is 6.63. The first-order valence-corrected chi connectivity index (χ1v) is 7.39. The maximum absolute atomic E-state index is 12.0. The fraction of sp³-hybridized carbons (Fsp3) is 0.400. The molecule has 1 aliphatic heterocycles. The highest BCUT2D eigenvalue weighted by Gasteiger charge is 2.24. The van der Waals surface area contributed by atoms with Gasteiger partial charge < -0.3 is 9.64 Å². The predicted octanol–water partition coefficient (Wildman–Crippen LogP) is 3.64. The zero-order valence-electron chi connectivity index (χ0n) is 11.3. The summed E-state index contributed by atoms with van der Waals surface area (Å²) in [5, 5.41) is 0.994. The zero-order chi connectivity index (χ0) is 14.5. The molecule has 0 spiro atoms. The molecule has 1 fully saturated rings. The van der Waals surface area contributed by atoms with Gasteiger partial charge in [-0.05, 0) is 37.1 Å². The van der Waals surface area contributed by atoms with E-state index in [0.717, 1.165) is 18.5 Å². The monoisotopic (exact) mass is 313 g/mol. The number of nitrogens with zero attached hydrogens (tertiary/aromatic N) is 1. The van der Waals surface area contributed by atoms with Crippen molar-refractivity contribution in [2.24, 2.45) is 0 Å². The van der Waals surface area contributed by atoms with Crippen LogP contribution in [0, 0.1) is 0 Å². The molecule has 0 saturated carbocycles. The van der Waals surface area contributed by atoms with Gasteiger partial charge in [0, 0.05) is 25.8 Å². The van der Waals surface area contributed by atoms with Crippen LogP contribution >= 0.6 is 23.2 Å². The smallest absolute Gasteiger partial charge is 0.246 e. The molecule has 0 aliphatic carbocycles. The molecule has 20 heavy (non-hydrogen) atoms. The zero-order valence-corrected chi connectivity index (χ0v) is 12.8. The van der Waals surface area contributed by atoms with E-state index in [4.69, 9.17) is 27.9 Å². The highest BCUT2D eigenvalue weighted by atomic mass is 35.5. The second-order valence-electron chi connectivity index (χ2n) is 4.66. The maximum Gasteiger partial charge on any atom is 0.246 e. The highest BCUT2D eigenvalue weighted by Crippen LogP contribution is 2.23. The Morgan fingerprint density at radius 3 is 2.95 bits per heavy atom. The van der Waals surface area contributed by atoms with Gasteiger partial charge in [0.05, 0.1) is 16.1 Å². The number of likely N-dealkylation sites (tertiary alicyclic amines) is 1. The van der Waals surface area contributed by atoms with Gasteiger partial charge in [-0.3, -0.25) is 4.79 Å². The number of amides is 1. The Labute approximate surface area is 129 Å². The fourth-order valence-electron chi connectivity index (χ4n) is 2.19. The molecule has 0 aromatic heterocycles. The molecule has 3 nitrogen and oxygen atoms in total. The van der Waals surface area contributed by atoms with Gasteiger partial charge in [-0.15, -0.1) is 0 Å². The van der Waals surface area contributed by atoms with E-state index in [-0.39, 0.29) is 12.0 Å². The van der Waals surface area contributed by atoms with Crippen LogP contribution in [0.2, 0.25) is 10.0 Å². The lowest BCUT2D eigenvalue weighted by Gasteiger charge is -2.14. The molecular formula is C15H17Cl2NO2. The summed E-state index contributed by atoms with van der Waals surface area (Å²) in [6.45, 7) is 4.06. The Balaban J connectivity index is 1.94. The molecule has 0 unspecified atom stereocenters. The molecule has 1 aromatic rings. The minimum Gasteiger partial charge on any atom is -0.377 e. The van der Waals surface area contributed by atoms with E-state index in [2.05, 4.69) is 0 Å². The second kappa shape index (κ2) is 7.11. The molecule has 0 bridgehead atoms. The van der Waals surface area contributed by atoms with Crippen molar-refractivity contribution in [1.82, 2.24) is 4.90 Å². The van der Waals surface area contributed by atoms with Crippen LogP contribution < -0.4 is 0 Å². The van der Waals surface area contributed by atoms with Crippen LogP contribution in [0.25, 0.3) is 6.08 Å². The van der Waals surface area contributed by atoms with Gasteiger partial charge in [-0.25, -0.2) is 0 Å². The van der Waals surface area contributed by atoms with Gasteiger partial charge in [-0.2, -0.15) is 0 Å². The molecule has 1 aliphatic rings. The van der Waals surface area contributed by atoms with E-state index in [1.165, 1.54) is 0 Å². The van der Waals surface area contributed by atoms with Crippen molar-refractivity contribution in [3.63, 3.8) is 0 Å². The van der Waals surface area contributed by atoms with E-state index < -0.39 is 0 Å². The largest absolute Gasteiger partial charge is 0.377 e. The van der Waals surface area contributed by atoms with E-state index in [1.807, 2.05) is 13.0 Å². The van der Waals surface area contributed by atoms with Crippen LogP contribution in [0.5, 0.6) is 0 Å². The third-order valence-electron chi connectivity index (χ3n) is 3.22. The molecule has 108 valence electrons. The number of carbonyl (C=O) groups excluding carboxylic acids is 1. The summed E-state index contributed by atoms with van der Waals surface area (Å²) in [6, 6.07) is 5.28. The number of rotatable bonds is 4. The van der Waals surface area contributed by atoms with Crippen molar-refractivity contribution < 1.29 is 9.53 Å². The van der Waals surface area contributed by atoms with Crippen LogP contribution in [0.15, 0.2) is 24.3 Å². The second-order valence-corrected chi connectivity index (χ2v) is 5.47. The molecule has 1 aromatic carbocycles. The highest BCUT2D eigenvalue weighted by molar-refractivity contribution is 6.42. The average molecular weight is 314 g/mol. The van der Waals surface area contributed by atoms with Crippen molar-refractivity contribution in [2.75, 3.05) is 19.7 Å². The van der Waals surface area contributed by atoms with E-state index in [0.29, 0.717) is 23.2 Å². The fourth-order valence-corrected chi connectivity index (χ4v) is 2.50. The minimum absolute atomic E-state index is 0.00160. The summed E-state index contributed by atoms with van der Waals surface area (Å²) in [4.78, 5) is 13.8. The van der Waals surface area contributed by atoms with Gasteiger partial charge in [0.1, 0.15) is 0 Å². The quantitative estimate of drug-likeness (QED) is 0.794. The number of ether oxygens (including phenoxy) is 1. The van der Waals surface area contributed by atoms with E-state index in [1.54, 1.807) is 29.2 Å². The summed E-state index contributed by atoms with van der Waals surface area (Å²) in [5.74, 6) is -0.00160. The molecule has 0 radical (unpaired) electrons. The first-order chi connectivity index (χ1) is 9.60. The first kappa shape index (κ1) is 15.4. The summed E-state index contributed by atoms with van der Waals surface area (Å²) in [6.07, 6.45) is 4.38. The van der Waals surface area contributed by atoms with Gasteiger partial charge in [-0.1, -0.05) is 29.3 Å². The van der Waals surface area contributed by atoms with Crippen LogP contribution in [0.4, 0.5) is 0 Å². The summed E-state index contributed by atoms with van der Waals surface area (Å²) in [7, 11) is 0. The average Bonchev–Trinajstić information content (AvgIpc) is 2.89. The molecule has 0 N–H and O–H groups in total. The Bertz CT molecular complexity index is 517. The van der Waals surface area contributed by atoms with Crippen molar-refractivity contribution in [2.45, 2.75) is 19.4 Å². The molecule has 2 rings (SSSR count). The maximum atomic E-state index is 12.0. The SMILES string of the molecule is CCO[C@H]1CCN(C(=O)/C=C/c2ccc(Cl)c(Cl)c2)C1. The Morgan fingerprint density at radius 1 is 1.45 bits per heavy atom. The minimum atomic E-state index is -0.00160. The molecule has 1 atom stereocenters. The topological polar surface area (TPSA) is 29.5 Å². The Kier molecular flexibility index (Phi) is 5.46. The normalized spacial score (nSPS) is 18.9. The lowest BCUT2D eigenvalue weighted by Crippen LogP contribution is -2.28. The van der Waals surface area contributed by atoms with Crippen molar-refractivity contribution >= 4 is 35.2 Å². The molecular weight excluding hydrogens is 297 g/mol. The predicted molar refractivity (Wildman–Crippen MR) is 82.1 cm³/mol. The summed E-state index contributed by atoms with van der Waals surface area (Å²) >= 11 is 11.8. The Hall–Kier alpha value is -1.03. The van der Waals surface area contributed by atoms with E-state index >= 15 is 0 Å². The van der Waals surface area contributed by atoms with Gasteiger partial charge in [0.25, 0.3) is 0 Å². The van der Waals surface area contributed by atoms with Crippen molar-refractivity contribution in [3.05, 3.63) is 39.9 Å². The number of hydrogen-bond donors (Lipinski definition) is 0. The Morgan fingerprint density at radius 2 is 2.25 bits per heavy atom. The third-order valence-corrected chi connectivity index (χ3v) is 3.96. The molecule has 1 saturated heterocycles. The van der Waals surface area contributed by atoms with Crippen LogP contribution in [-0.4, -0.2) is 36.6 Å². The third kappa shape index (κ3) is 3.98. The number of hydrogen-bond acceptors (Lipinski definition) is 2. The molecule has 1 amide bonds. The number of carbonyl (C=O) groups is 1. The molecule has 5 heteroatoms. The number of benzene rings is 1. The van der Waals surface area contributed by atoms with Gasteiger partial charge in [0.2, 0.25) is 5.91 Å². The standard InChI is InChI=1S/C15H17Cl2NO2/c1-2-20-12-7-8-18(10-12)15(19)6-4-11-3-5-13(16)14(17)9-11/h3-6,9,12H,2,7-8,10H2,1H3/b6-4+/t12-/m0/s1.